The standard InChI is InChI=1S/C18H17FN2/c19-17-3-1-2-15(8-17)16-9-18(10-16)21-12-14-6-4-13(11-20)5-7-14/h1-8,16,18,21H,9-10,12H2. The Hall–Kier alpha value is -2.18. The Morgan fingerprint density at radius 3 is 2.57 bits per heavy atom. The van der Waals surface area contributed by atoms with Crippen molar-refractivity contribution in [3.8, 4) is 6.07 Å². The number of rotatable bonds is 4. The molecule has 0 spiro atoms. The van der Waals surface area contributed by atoms with E-state index in [1.165, 1.54) is 11.6 Å². The van der Waals surface area contributed by atoms with Gasteiger partial charge in [0, 0.05) is 12.6 Å². The molecule has 1 N–H and O–H groups in total. The summed E-state index contributed by atoms with van der Waals surface area (Å²) in [5.74, 6) is 0.320. The van der Waals surface area contributed by atoms with Gasteiger partial charge >= 0.3 is 0 Å². The van der Waals surface area contributed by atoms with Gasteiger partial charge in [0.1, 0.15) is 5.82 Å². The summed E-state index contributed by atoms with van der Waals surface area (Å²) < 4.78 is 13.2. The van der Waals surface area contributed by atoms with Gasteiger partial charge in [-0.2, -0.15) is 5.26 Å². The quantitative estimate of drug-likeness (QED) is 0.926. The van der Waals surface area contributed by atoms with Gasteiger partial charge in [-0.05, 0) is 54.2 Å². The molecule has 106 valence electrons. The lowest BCUT2D eigenvalue weighted by molar-refractivity contribution is 0.289. The topological polar surface area (TPSA) is 35.8 Å². The highest BCUT2D eigenvalue weighted by molar-refractivity contribution is 5.31. The van der Waals surface area contributed by atoms with Crippen molar-refractivity contribution in [1.82, 2.24) is 5.32 Å². The molecule has 0 saturated heterocycles. The highest BCUT2D eigenvalue weighted by atomic mass is 19.1. The molecule has 0 heterocycles. The van der Waals surface area contributed by atoms with Gasteiger partial charge in [-0.3, -0.25) is 0 Å². The molecule has 3 rings (SSSR count). The zero-order valence-corrected chi connectivity index (χ0v) is 11.7. The third kappa shape index (κ3) is 3.29. The molecule has 1 aliphatic carbocycles. The van der Waals surface area contributed by atoms with Crippen molar-refractivity contribution in [2.45, 2.75) is 31.3 Å². The number of nitriles is 1. The zero-order chi connectivity index (χ0) is 14.7. The maximum atomic E-state index is 13.2. The first-order chi connectivity index (χ1) is 10.2. The van der Waals surface area contributed by atoms with Crippen molar-refractivity contribution < 1.29 is 4.39 Å². The first-order valence-electron chi connectivity index (χ1n) is 7.22. The predicted octanol–water partition coefficient (Wildman–Crippen LogP) is 3.73. The molecular formula is C18H17FN2. The SMILES string of the molecule is N#Cc1ccc(CNC2CC(c3cccc(F)c3)C2)cc1. The highest BCUT2D eigenvalue weighted by Gasteiger charge is 2.29. The summed E-state index contributed by atoms with van der Waals surface area (Å²) in [5.41, 5.74) is 2.98. The second-order valence-corrected chi connectivity index (χ2v) is 5.61. The van der Waals surface area contributed by atoms with Crippen LogP contribution in [0, 0.1) is 17.1 Å². The summed E-state index contributed by atoms with van der Waals surface area (Å²) in [6.07, 6.45) is 2.11. The first kappa shape index (κ1) is 13.8. The monoisotopic (exact) mass is 280 g/mol. The fraction of sp³-hybridized carbons (Fsp3) is 0.278. The van der Waals surface area contributed by atoms with Gasteiger partial charge in [0.15, 0.2) is 0 Å². The molecule has 0 aromatic heterocycles. The lowest BCUT2D eigenvalue weighted by Crippen LogP contribution is -2.39. The molecular weight excluding hydrogens is 263 g/mol. The van der Waals surface area contributed by atoms with E-state index in [0.717, 1.165) is 24.9 Å². The van der Waals surface area contributed by atoms with Crippen molar-refractivity contribution in [1.29, 1.82) is 5.26 Å². The van der Waals surface area contributed by atoms with Crippen LogP contribution in [-0.2, 0) is 6.54 Å². The van der Waals surface area contributed by atoms with Gasteiger partial charge in [-0.1, -0.05) is 24.3 Å². The van der Waals surface area contributed by atoms with E-state index in [2.05, 4.69) is 11.4 Å². The number of nitrogens with zero attached hydrogens (tertiary/aromatic N) is 1. The minimum Gasteiger partial charge on any atom is -0.310 e. The van der Waals surface area contributed by atoms with Crippen LogP contribution in [0.5, 0.6) is 0 Å². The fourth-order valence-electron chi connectivity index (χ4n) is 2.78. The van der Waals surface area contributed by atoms with Gasteiger partial charge in [-0.25, -0.2) is 4.39 Å². The number of benzene rings is 2. The average molecular weight is 280 g/mol. The summed E-state index contributed by atoms with van der Waals surface area (Å²) in [7, 11) is 0. The van der Waals surface area contributed by atoms with E-state index in [4.69, 9.17) is 5.26 Å². The van der Waals surface area contributed by atoms with Crippen LogP contribution in [0.4, 0.5) is 4.39 Å². The van der Waals surface area contributed by atoms with Crippen molar-refractivity contribution in [2.24, 2.45) is 0 Å². The van der Waals surface area contributed by atoms with Crippen molar-refractivity contribution in [2.75, 3.05) is 0 Å². The summed E-state index contributed by atoms with van der Waals surface area (Å²) >= 11 is 0. The van der Waals surface area contributed by atoms with E-state index in [0.29, 0.717) is 17.5 Å². The van der Waals surface area contributed by atoms with Crippen LogP contribution in [-0.4, -0.2) is 6.04 Å². The summed E-state index contributed by atoms with van der Waals surface area (Å²) in [6, 6.07) is 17.2. The number of nitrogens with one attached hydrogen (secondary N) is 1. The Bertz CT molecular complexity index is 652. The Morgan fingerprint density at radius 2 is 1.90 bits per heavy atom. The third-order valence-electron chi connectivity index (χ3n) is 4.14. The second kappa shape index (κ2) is 6.07. The van der Waals surface area contributed by atoms with Crippen LogP contribution >= 0.6 is 0 Å². The van der Waals surface area contributed by atoms with Crippen molar-refractivity contribution in [3.05, 3.63) is 71.0 Å². The molecule has 1 fully saturated rings. The lowest BCUT2D eigenvalue weighted by Gasteiger charge is -2.36. The minimum atomic E-state index is -0.151. The second-order valence-electron chi connectivity index (χ2n) is 5.61. The molecule has 0 radical (unpaired) electrons. The number of halogens is 1. The van der Waals surface area contributed by atoms with Gasteiger partial charge in [0.2, 0.25) is 0 Å². The molecule has 1 aliphatic rings. The molecule has 3 heteroatoms. The summed E-state index contributed by atoms with van der Waals surface area (Å²) in [4.78, 5) is 0. The normalized spacial score (nSPS) is 20.6. The Kier molecular flexibility index (Phi) is 3.98. The molecule has 0 amide bonds. The third-order valence-corrected chi connectivity index (χ3v) is 4.14. The Morgan fingerprint density at radius 1 is 1.14 bits per heavy atom. The van der Waals surface area contributed by atoms with Gasteiger partial charge < -0.3 is 5.32 Å². The largest absolute Gasteiger partial charge is 0.310 e. The van der Waals surface area contributed by atoms with Crippen molar-refractivity contribution >= 4 is 0 Å². The number of hydrogen-bond acceptors (Lipinski definition) is 2. The molecule has 2 nitrogen and oxygen atoms in total. The van der Waals surface area contributed by atoms with E-state index >= 15 is 0 Å². The number of hydrogen-bond donors (Lipinski definition) is 1. The van der Waals surface area contributed by atoms with E-state index in [9.17, 15) is 4.39 Å². The highest BCUT2D eigenvalue weighted by Crippen LogP contribution is 2.37. The smallest absolute Gasteiger partial charge is 0.123 e. The van der Waals surface area contributed by atoms with Gasteiger partial charge in [0.05, 0.1) is 11.6 Å². The molecule has 0 aliphatic heterocycles. The Balaban J connectivity index is 1.47. The zero-order valence-electron chi connectivity index (χ0n) is 11.7. The molecule has 1 saturated carbocycles. The van der Waals surface area contributed by atoms with Crippen LogP contribution in [0.2, 0.25) is 0 Å². The molecule has 2 aromatic carbocycles. The van der Waals surface area contributed by atoms with E-state index in [1.54, 1.807) is 12.1 Å². The maximum absolute atomic E-state index is 13.2. The van der Waals surface area contributed by atoms with Crippen LogP contribution in [0.1, 0.15) is 35.4 Å². The average Bonchev–Trinajstić information content (AvgIpc) is 2.46. The molecule has 0 bridgehead atoms. The minimum absolute atomic E-state index is 0.151. The van der Waals surface area contributed by atoms with E-state index in [1.807, 2.05) is 30.3 Å². The Labute approximate surface area is 124 Å². The van der Waals surface area contributed by atoms with Crippen LogP contribution in [0.3, 0.4) is 0 Å². The van der Waals surface area contributed by atoms with Crippen LogP contribution < -0.4 is 5.32 Å². The summed E-state index contributed by atoms with van der Waals surface area (Å²) in [6.45, 7) is 0.812. The molecule has 0 atom stereocenters. The van der Waals surface area contributed by atoms with Gasteiger partial charge in [-0.15, -0.1) is 0 Å². The van der Waals surface area contributed by atoms with Crippen LogP contribution in [0.25, 0.3) is 0 Å². The predicted molar refractivity (Wildman–Crippen MR) is 80.2 cm³/mol. The molecule has 0 unspecified atom stereocenters. The van der Waals surface area contributed by atoms with E-state index < -0.39 is 0 Å². The van der Waals surface area contributed by atoms with Crippen molar-refractivity contribution in [3.63, 3.8) is 0 Å². The lowest BCUT2D eigenvalue weighted by atomic mass is 9.76. The summed E-state index contributed by atoms with van der Waals surface area (Å²) in [5, 5.41) is 12.3. The molecule has 21 heavy (non-hydrogen) atoms. The van der Waals surface area contributed by atoms with Gasteiger partial charge in [0.25, 0.3) is 0 Å². The first-order valence-corrected chi connectivity index (χ1v) is 7.22. The molecule has 2 aromatic rings. The maximum Gasteiger partial charge on any atom is 0.123 e. The fourth-order valence-corrected chi connectivity index (χ4v) is 2.78. The van der Waals surface area contributed by atoms with Crippen LogP contribution in [0.15, 0.2) is 48.5 Å². The van der Waals surface area contributed by atoms with E-state index in [-0.39, 0.29) is 5.82 Å².